The summed E-state index contributed by atoms with van der Waals surface area (Å²) in [6.45, 7) is 3.03. The van der Waals surface area contributed by atoms with E-state index in [2.05, 4.69) is 9.69 Å². The van der Waals surface area contributed by atoms with E-state index in [9.17, 15) is 23.6 Å². The van der Waals surface area contributed by atoms with Crippen molar-refractivity contribution < 1.29 is 28.3 Å². The topological polar surface area (TPSA) is 158 Å². The number of para-hydroxylation sites is 1. The molecule has 188 valence electrons. The van der Waals surface area contributed by atoms with Gasteiger partial charge in [-0.15, -0.1) is 0 Å². The van der Waals surface area contributed by atoms with Crippen LogP contribution in [-0.4, -0.2) is 41.2 Å². The Morgan fingerprint density at radius 2 is 1.81 bits per heavy atom. The van der Waals surface area contributed by atoms with E-state index in [1.807, 2.05) is 0 Å². The summed E-state index contributed by atoms with van der Waals surface area (Å²) in [6, 6.07) is 10.4. The fraction of sp³-hybridized carbons (Fsp3) is 0.208. The quantitative estimate of drug-likeness (QED) is 0.371. The fourth-order valence-electron chi connectivity index (χ4n) is 3.47. The minimum Gasteiger partial charge on any atom is -0.465 e. The molecule has 0 saturated heterocycles. The lowest BCUT2D eigenvalue weighted by molar-refractivity contribution is -0.143. The van der Waals surface area contributed by atoms with Gasteiger partial charge in [0.1, 0.15) is 23.3 Å². The first-order valence-corrected chi connectivity index (χ1v) is 11.6. The van der Waals surface area contributed by atoms with Crippen molar-refractivity contribution in [1.82, 2.24) is 9.69 Å². The van der Waals surface area contributed by atoms with Gasteiger partial charge in [-0.3, -0.25) is 24.1 Å². The summed E-state index contributed by atoms with van der Waals surface area (Å²) < 4.78 is 22.5. The fourth-order valence-corrected chi connectivity index (χ4v) is 4.21. The molecule has 1 heterocycles. The molecule has 1 aromatic heterocycles. The Morgan fingerprint density at radius 3 is 2.39 bits per heavy atom. The van der Waals surface area contributed by atoms with Crippen LogP contribution in [0.2, 0.25) is 0 Å². The van der Waals surface area contributed by atoms with Gasteiger partial charge in [-0.05, 0) is 54.7 Å². The number of amides is 3. The van der Waals surface area contributed by atoms with Crippen LogP contribution in [0.15, 0.2) is 48.5 Å². The monoisotopic (exact) mass is 513 g/mol. The molecule has 0 spiro atoms. The van der Waals surface area contributed by atoms with Gasteiger partial charge in [0, 0.05) is 5.69 Å². The number of nitrogen functional groups attached to an aromatic ring is 1. The predicted molar refractivity (Wildman–Crippen MR) is 132 cm³/mol. The molecule has 36 heavy (non-hydrogen) atoms. The maximum Gasteiger partial charge on any atom is 0.325 e. The summed E-state index contributed by atoms with van der Waals surface area (Å²) >= 11 is 0.660. The number of aryl methyl sites for hydroxylation is 1. The Morgan fingerprint density at radius 1 is 1.14 bits per heavy atom. The molecular formula is C24H24FN5O5S. The van der Waals surface area contributed by atoms with Crippen molar-refractivity contribution in [1.29, 1.82) is 0 Å². The first-order valence-electron chi connectivity index (χ1n) is 10.8. The number of esters is 1. The smallest absolute Gasteiger partial charge is 0.325 e. The zero-order valence-corrected chi connectivity index (χ0v) is 20.3. The molecule has 2 aromatic carbocycles. The van der Waals surface area contributed by atoms with Gasteiger partial charge in [-0.25, -0.2) is 4.39 Å². The maximum atomic E-state index is 13.9. The van der Waals surface area contributed by atoms with E-state index in [-0.39, 0.29) is 28.4 Å². The molecule has 0 aliphatic carbocycles. The molecule has 0 bridgehead atoms. The van der Waals surface area contributed by atoms with Crippen LogP contribution in [0.1, 0.15) is 44.3 Å². The van der Waals surface area contributed by atoms with Gasteiger partial charge in [0.15, 0.2) is 5.69 Å². The SMILES string of the molecule is CCOC(=O)CNC(=O)[C@H](c1ccc(F)cc1)N(C(=O)c1snc(C(N)=O)c1N)c1ccccc1C. The van der Waals surface area contributed by atoms with E-state index < -0.39 is 42.1 Å². The summed E-state index contributed by atoms with van der Waals surface area (Å²) in [5.74, 6) is -3.60. The predicted octanol–water partition coefficient (Wildman–Crippen LogP) is 2.34. The maximum absolute atomic E-state index is 13.9. The zero-order valence-electron chi connectivity index (χ0n) is 19.5. The number of primary amides is 1. The van der Waals surface area contributed by atoms with Crippen molar-refractivity contribution in [2.45, 2.75) is 19.9 Å². The number of hydrogen-bond acceptors (Lipinski definition) is 8. The van der Waals surface area contributed by atoms with Gasteiger partial charge in [-0.2, -0.15) is 4.37 Å². The minimum atomic E-state index is -1.35. The highest BCUT2D eigenvalue weighted by molar-refractivity contribution is 7.09. The Labute approximate surface area is 210 Å². The number of carbonyl (C=O) groups excluding carboxylic acids is 4. The van der Waals surface area contributed by atoms with E-state index in [1.54, 1.807) is 38.1 Å². The van der Waals surface area contributed by atoms with Gasteiger partial charge in [-0.1, -0.05) is 30.3 Å². The standard InChI is InChI=1S/C24H24FN5O5S/c1-3-35-17(31)12-28-23(33)20(14-8-10-15(25)11-9-14)30(16-7-5-4-6-13(16)2)24(34)21-18(26)19(22(27)32)29-36-21/h4-11,20H,3,12,26H2,1-2H3,(H2,27,32)(H,28,33)/t20-/m0/s1. The number of anilines is 2. The van der Waals surface area contributed by atoms with Crippen molar-refractivity contribution in [3.63, 3.8) is 0 Å². The van der Waals surface area contributed by atoms with Gasteiger partial charge in [0.05, 0.1) is 12.3 Å². The van der Waals surface area contributed by atoms with Crippen LogP contribution in [-0.2, 0) is 14.3 Å². The number of nitrogens with zero attached hydrogens (tertiary/aromatic N) is 2. The molecule has 0 saturated carbocycles. The van der Waals surface area contributed by atoms with E-state index in [1.165, 1.54) is 12.1 Å². The number of carbonyl (C=O) groups is 4. The van der Waals surface area contributed by atoms with Crippen molar-refractivity contribution in [3.05, 3.63) is 76.0 Å². The molecule has 3 amide bonds. The van der Waals surface area contributed by atoms with Gasteiger partial charge >= 0.3 is 5.97 Å². The number of halogens is 1. The van der Waals surface area contributed by atoms with Crippen LogP contribution >= 0.6 is 11.5 Å². The average molecular weight is 514 g/mol. The molecule has 12 heteroatoms. The molecule has 0 unspecified atom stereocenters. The first-order chi connectivity index (χ1) is 17.1. The summed E-state index contributed by atoms with van der Waals surface area (Å²) in [4.78, 5) is 52.0. The lowest BCUT2D eigenvalue weighted by Crippen LogP contribution is -2.45. The van der Waals surface area contributed by atoms with Crippen molar-refractivity contribution >= 4 is 46.6 Å². The third-order valence-electron chi connectivity index (χ3n) is 5.15. The number of nitrogens with one attached hydrogen (secondary N) is 1. The van der Waals surface area contributed by atoms with Crippen molar-refractivity contribution in [2.24, 2.45) is 5.73 Å². The third-order valence-corrected chi connectivity index (χ3v) is 6.00. The molecule has 5 N–H and O–H groups in total. The van der Waals surface area contributed by atoms with Crippen LogP contribution in [0.25, 0.3) is 0 Å². The molecule has 10 nitrogen and oxygen atoms in total. The lowest BCUT2D eigenvalue weighted by atomic mass is 10.0. The Kier molecular flexibility index (Phi) is 8.33. The number of aromatic nitrogens is 1. The highest BCUT2D eigenvalue weighted by Crippen LogP contribution is 2.34. The van der Waals surface area contributed by atoms with E-state index in [0.717, 1.165) is 17.0 Å². The molecular weight excluding hydrogens is 489 g/mol. The Hall–Kier alpha value is -4.32. The second kappa shape index (κ2) is 11.4. The molecule has 0 aliphatic rings. The third kappa shape index (κ3) is 5.66. The first kappa shape index (κ1) is 26.3. The van der Waals surface area contributed by atoms with Gasteiger partial charge < -0.3 is 21.5 Å². The molecule has 1 atom stereocenters. The lowest BCUT2D eigenvalue weighted by Gasteiger charge is -2.32. The molecule has 0 radical (unpaired) electrons. The second-order valence-corrected chi connectivity index (χ2v) is 8.35. The average Bonchev–Trinajstić information content (AvgIpc) is 3.24. The van der Waals surface area contributed by atoms with Crippen LogP contribution < -0.4 is 21.7 Å². The second-order valence-electron chi connectivity index (χ2n) is 7.58. The number of ether oxygens (including phenoxy) is 1. The highest BCUT2D eigenvalue weighted by atomic mass is 32.1. The Bertz CT molecular complexity index is 1290. The Balaban J connectivity index is 2.17. The number of hydrogen-bond donors (Lipinski definition) is 3. The largest absolute Gasteiger partial charge is 0.465 e. The van der Waals surface area contributed by atoms with Crippen LogP contribution in [0.4, 0.5) is 15.8 Å². The summed E-state index contributed by atoms with van der Waals surface area (Å²) in [5, 5.41) is 2.48. The van der Waals surface area contributed by atoms with Crippen molar-refractivity contribution in [3.8, 4) is 0 Å². The van der Waals surface area contributed by atoms with Crippen LogP contribution in [0, 0.1) is 12.7 Å². The highest BCUT2D eigenvalue weighted by Gasteiger charge is 2.36. The summed E-state index contributed by atoms with van der Waals surface area (Å²) in [6.07, 6.45) is 0. The van der Waals surface area contributed by atoms with E-state index in [0.29, 0.717) is 22.8 Å². The molecule has 3 aromatic rings. The van der Waals surface area contributed by atoms with E-state index in [4.69, 9.17) is 16.2 Å². The molecule has 0 aliphatic heterocycles. The normalized spacial score (nSPS) is 11.4. The summed E-state index contributed by atoms with van der Waals surface area (Å²) in [7, 11) is 0. The number of benzene rings is 2. The van der Waals surface area contributed by atoms with Crippen molar-refractivity contribution in [2.75, 3.05) is 23.8 Å². The van der Waals surface area contributed by atoms with Gasteiger partial charge in [0.25, 0.3) is 11.8 Å². The number of rotatable bonds is 9. The van der Waals surface area contributed by atoms with Crippen LogP contribution in [0.3, 0.4) is 0 Å². The molecule has 3 rings (SSSR count). The number of nitrogens with two attached hydrogens (primary N) is 2. The van der Waals surface area contributed by atoms with E-state index >= 15 is 0 Å². The van der Waals surface area contributed by atoms with Crippen LogP contribution in [0.5, 0.6) is 0 Å². The zero-order chi connectivity index (χ0) is 26.4. The van der Waals surface area contributed by atoms with Gasteiger partial charge in [0.2, 0.25) is 5.91 Å². The minimum absolute atomic E-state index is 0.114. The molecule has 0 fully saturated rings. The summed E-state index contributed by atoms with van der Waals surface area (Å²) in [5.41, 5.74) is 12.1.